The number of aromatic nitrogens is 1. The molecule has 1 aromatic heterocycles. The zero-order chi connectivity index (χ0) is 18.9. The Morgan fingerprint density at radius 3 is 2.81 bits per heavy atom. The van der Waals surface area contributed by atoms with Crippen LogP contribution in [0.5, 0.6) is 5.75 Å². The van der Waals surface area contributed by atoms with Gasteiger partial charge in [-0.25, -0.2) is 9.37 Å². The third-order valence-corrected chi connectivity index (χ3v) is 5.13. The molecule has 3 rings (SSSR count). The highest BCUT2D eigenvalue weighted by Gasteiger charge is 2.37. The number of benzene rings is 1. The number of hydrogen-bond donors (Lipinski definition) is 0. The van der Waals surface area contributed by atoms with Crippen molar-refractivity contribution in [3.05, 3.63) is 45.2 Å². The summed E-state index contributed by atoms with van der Waals surface area (Å²) in [5.41, 5.74) is 0.614. The highest BCUT2D eigenvalue weighted by atomic mass is 32.1. The summed E-state index contributed by atoms with van der Waals surface area (Å²) in [5.74, 6) is -0.493. The molecular formula is C17H16F4N2O2S. The van der Waals surface area contributed by atoms with E-state index in [9.17, 15) is 22.4 Å². The minimum Gasteiger partial charge on any atom is -0.494 e. The number of carbonyl (C=O) groups excluding carboxylic acids is 1. The van der Waals surface area contributed by atoms with Gasteiger partial charge in [-0.3, -0.25) is 4.79 Å². The number of alkyl halides is 3. The number of amides is 1. The summed E-state index contributed by atoms with van der Waals surface area (Å²) in [4.78, 5) is 17.9. The van der Waals surface area contributed by atoms with Crippen LogP contribution in [0.4, 0.5) is 17.6 Å². The molecule has 0 unspecified atom stereocenters. The average Bonchev–Trinajstić information content (AvgIpc) is 3.01. The van der Waals surface area contributed by atoms with Crippen molar-refractivity contribution in [1.29, 1.82) is 0 Å². The molecule has 0 spiro atoms. The van der Waals surface area contributed by atoms with Gasteiger partial charge >= 0.3 is 6.18 Å². The zero-order valence-corrected chi connectivity index (χ0v) is 14.7. The lowest BCUT2D eigenvalue weighted by atomic mass is 10.1. The fraction of sp³-hybridized carbons (Fsp3) is 0.412. The van der Waals surface area contributed by atoms with E-state index in [1.54, 1.807) is 13.0 Å². The summed E-state index contributed by atoms with van der Waals surface area (Å²) in [6.07, 6.45) is -4.37. The van der Waals surface area contributed by atoms with E-state index in [-0.39, 0.29) is 37.4 Å². The Morgan fingerprint density at radius 2 is 2.15 bits per heavy atom. The van der Waals surface area contributed by atoms with Gasteiger partial charge in [0, 0.05) is 23.9 Å². The second-order valence-corrected chi connectivity index (χ2v) is 6.90. The van der Waals surface area contributed by atoms with E-state index in [1.807, 2.05) is 0 Å². The van der Waals surface area contributed by atoms with Crippen LogP contribution in [0.3, 0.4) is 0 Å². The van der Waals surface area contributed by atoms with E-state index < -0.39 is 17.0 Å². The predicted molar refractivity (Wildman–Crippen MR) is 87.5 cm³/mol. The van der Waals surface area contributed by atoms with E-state index in [1.165, 1.54) is 17.0 Å². The molecule has 2 aromatic rings. The molecule has 1 aromatic carbocycles. The van der Waals surface area contributed by atoms with E-state index >= 15 is 0 Å². The molecule has 0 bridgehead atoms. The summed E-state index contributed by atoms with van der Waals surface area (Å²) in [6, 6.07) is 4.30. The van der Waals surface area contributed by atoms with Crippen LogP contribution >= 0.6 is 11.3 Å². The van der Waals surface area contributed by atoms with Gasteiger partial charge in [-0.15, -0.1) is 11.3 Å². The Hall–Kier alpha value is -2.16. The van der Waals surface area contributed by atoms with E-state index in [0.717, 1.165) is 0 Å². The smallest absolute Gasteiger partial charge is 0.443 e. The summed E-state index contributed by atoms with van der Waals surface area (Å²) >= 11 is 0.560. The molecule has 0 saturated carbocycles. The molecule has 4 nitrogen and oxygen atoms in total. The third kappa shape index (κ3) is 3.98. The van der Waals surface area contributed by atoms with Crippen molar-refractivity contribution in [2.45, 2.75) is 32.5 Å². The second kappa shape index (κ2) is 7.22. The van der Waals surface area contributed by atoms with E-state index in [0.29, 0.717) is 34.3 Å². The number of halogens is 4. The van der Waals surface area contributed by atoms with Gasteiger partial charge in [-0.2, -0.15) is 13.2 Å². The SMILES string of the molecule is CCOc1ccc(CC(=O)N2CCc3nc(C(F)(F)F)sc3C2)c(F)c1. The summed E-state index contributed by atoms with van der Waals surface area (Å²) in [7, 11) is 0. The first-order valence-corrected chi connectivity index (χ1v) is 8.84. The van der Waals surface area contributed by atoms with Crippen LogP contribution < -0.4 is 4.74 Å². The van der Waals surface area contributed by atoms with Crippen LogP contribution in [0.25, 0.3) is 0 Å². The largest absolute Gasteiger partial charge is 0.494 e. The monoisotopic (exact) mass is 388 g/mol. The van der Waals surface area contributed by atoms with Gasteiger partial charge in [0.1, 0.15) is 11.6 Å². The standard InChI is InChI=1S/C17H16F4N2O2S/c1-2-25-11-4-3-10(12(18)8-11)7-15(24)23-6-5-13-14(9-23)26-16(22-13)17(19,20)21/h3-4,8H,2,5-7,9H2,1H3. The normalized spacial score (nSPS) is 14.3. The lowest BCUT2D eigenvalue weighted by Gasteiger charge is -2.26. The van der Waals surface area contributed by atoms with E-state index in [2.05, 4.69) is 4.98 Å². The van der Waals surface area contributed by atoms with Gasteiger partial charge in [0.2, 0.25) is 5.91 Å². The maximum atomic E-state index is 14.1. The number of rotatable bonds is 4. The zero-order valence-electron chi connectivity index (χ0n) is 13.9. The molecule has 1 aliphatic heterocycles. The molecule has 1 aliphatic rings. The fourth-order valence-electron chi connectivity index (χ4n) is 2.73. The Kier molecular flexibility index (Phi) is 5.17. The van der Waals surface area contributed by atoms with Crippen molar-refractivity contribution in [3.8, 4) is 5.75 Å². The molecule has 0 radical (unpaired) electrons. The Morgan fingerprint density at radius 1 is 1.38 bits per heavy atom. The van der Waals surface area contributed by atoms with Gasteiger partial charge in [0.05, 0.1) is 25.3 Å². The number of thiazole rings is 1. The molecule has 0 N–H and O–H groups in total. The minimum atomic E-state index is -4.48. The van der Waals surface area contributed by atoms with Gasteiger partial charge in [-0.1, -0.05) is 6.07 Å². The summed E-state index contributed by atoms with van der Waals surface area (Å²) < 4.78 is 57.6. The number of ether oxygens (including phenoxy) is 1. The first kappa shape index (κ1) is 18.6. The number of carbonyl (C=O) groups is 1. The molecule has 0 atom stereocenters. The van der Waals surface area contributed by atoms with Crippen LogP contribution in [0.2, 0.25) is 0 Å². The van der Waals surface area contributed by atoms with Gasteiger partial charge in [-0.05, 0) is 18.6 Å². The van der Waals surface area contributed by atoms with Crippen LogP contribution in [-0.2, 0) is 30.4 Å². The lowest BCUT2D eigenvalue weighted by molar-refractivity contribution is -0.137. The molecule has 0 fully saturated rings. The molecule has 26 heavy (non-hydrogen) atoms. The van der Waals surface area contributed by atoms with Crippen molar-refractivity contribution in [2.24, 2.45) is 0 Å². The molecular weight excluding hydrogens is 372 g/mol. The Bertz CT molecular complexity index is 820. The van der Waals surface area contributed by atoms with Crippen molar-refractivity contribution >= 4 is 17.2 Å². The average molecular weight is 388 g/mol. The second-order valence-electron chi connectivity index (χ2n) is 5.81. The Labute approximate surface area is 151 Å². The molecule has 0 saturated heterocycles. The first-order valence-electron chi connectivity index (χ1n) is 8.02. The Balaban J connectivity index is 1.69. The van der Waals surface area contributed by atoms with Crippen LogP contribution in [0, 0.1) is 5.82 Å². The van der Waals surface area contributed by atoms with Crippen LogP contribution in [-0.4, -0.2) is 28.9 Å². The van der Waals surface area contributed by atoms with Crippen molar-refractivity contribution in [3.63, 3.8) is 0 Å². The van der Waals surface area contributed by atoms with Crippen molar-refractivity contribution in [1.82, 2.24) is 9.88 Å². The number of nitrogens with zero attached hydrogens (tertiary/aromatic N) is 2. The number of fused-ring (bicyclic) bond motifs is 1. The molecule has 140 valence electrons. The maximum Gasteiger partial charge on any atom is 0.443 e. The summed E-state index contributed by atoms with van der Waals surface area (Å²) in [5, 5.41) is -0.894. The minimum absolute atomic E-state index is 0.0700. The highest BCUT2D eigenvalue weighted by molar-refractivity contribution is 7.11. The highest BCUT2D eigenvalue weighted by Crippen LogP contribution is 2.36. The predicted octanol–water partition coefficient (Wildman–Crippen LogP) is 3.83. The molecule has 9 heteroatoms. The third-order valence-electron chi connectivity index (χ3n) is 4.00. The topological polar surface area (TPSA) is 42.4 Å². The summed E-state index contributed by atoms with van der Waals surface area (Å²) in [6.45, 7) is 2.53. The van der Waals surface area contributed by atoms with E-state index in [4.69, 9.17) is 4.74 Å². The van der Waals surface area contributed by atoms with Gasteiger partial charge < -0.3 is 9.64 Å². The molecule has 0 aliphatic carbocycles. The van der Waals surface area contributed by atoms with Crippen molar-refractivity contribution < 1.29 is 27.1 Å². The quantitative estimate of drug-likeness (QED) is 0.748. The van der Waals surface area contributed by atoms with Crippen LogP contribution in [0.1, 0.15) is 28.1 Å². The van der Waals surface area contributed by atoms with Gasteiger partial charge in [0.15, 0.2) is 5.01 Å². The maximum absolute atomic E-state index is 14.1. The molecule has 1 amide bonds. The first-order chi connectivity index (χ1) is 12.3. The van der Waals surface area contributed by atoms with Gasteiger partial charge in [0.25, 0.3) is 0 Å². The molecule has 2 heterocycles. The fourth-order valence-corrected chi connectivity index (χ4v) is 3.72. The van der Waals surface area contributed by atoms with Crippen LogP contribution in [0.15, 0.2) is 18.2 Å². The number of hydrogen-bond acceptors (Lipinski definition) is 4. The lowest BCUT2D eigenvalue weighted by Crippen LogP contribution is -2.36. The van der Waals surface area contributed by atoms with Crippen molar-refractivity contribution in [2.75, 3.05) is 13.2 Å².